The molecule has 0 aliphatic carbocycles. The van der Waals surface area contributed by atoms with Crippen molar-refractivity contribution in [3.8, 4) is 11.5 Å². The molecular formula is C16H21ClO5. The lowest BCUT2D eigenvalue weighted by atomic mass is 9.96. The number of halogens is 1. The van der Waals surface area contributed by atoms with Gasteiger partial charge in [0.15, 0.2) is 17.6 Å². The molecule has 0 N–H and O–H groups in total. The van der Waals surface area contributed by atoms with Gasteiger partial charge in [-0.1, -0.05) is 23.7 Å². The van der Waals surface area contributed by atoms with Crippen molar-refractivity contribution in [1.82, 2.24) is 0 Å². The summed E-state index contributed by atoms with van der Waals surface area (Å²) in [6.07, 6.45) is 1.09. The summed E-state index contributed by atoms with van der Waals surface area (Å²) in [5, 5.41) is 0. The molecule has 6 heteroatoms. The molecule has 0 saturated carbocycles. The summed E-state index contributed by atoms with van der Waals surface area (Å²) in [6, 6.07) is 7.39. The van der Waals surface area contributed by atoms with E-state index in [0.717, 1.165) is 0 Å². The van der Waals surface area contributed by atoms with E-state index >= 15 is 0 Å². The van der Waals surface area contributed by atoms with Gasteiger partial charge in [-0.3, -0.25) is 4.79 Å². The van der Waals surface area contributed by atoms with Crippen LogP contribution < -0.4 is 9.47 Å². The van der Waals surface area contributed by atoms with Crippen molar-refractivity contribution in [2.24, 2.45) is 5.92 Å². The van der Waals surface area contributed by atoms with Crippen molar-refractivity contribution in [1.29, 1.82) is 0 Å². The van der Waals surface area contributed by atoms with Crippen molar-refractivity contribution in [2.75, 3.05) is 25.9 Å². The highest BCUT2D eigenvalue weighted by Crippen LogP contribution is 2.28. The maximum Gasteiger partial charge on any atom is 0.310 e. The van der Waals surface area contributed by atoms with Crippen LogP contribution in [-0.2, 0) is 14.3 Å². The van der Waals surface area contributed by atoms with Gasteiger partial charge >= 0.3 is 5.97 Å². The molecule has 0 amide bonds. The fourth-order valence-corrected chi connectivity index (χ4v) is 2.52. The van der Waals surface area contributed by atoms with Crippen LogP contribution in [0.5, 0.6) is 11.5 Å². The third-order valence-electron chi connectivity index (χ3n) is 3.47. The minimum Gasteiger partial charge on any atom is -0.490 e. The molecule has 5 nitrogen and oxygen atoms in total. The molecule has 1 heterocycles. The number of carbonyl (C=O) groups excluding carboxylic acids is 1. The number of carbonyl (C=O) groups is 1. The quantitative estimate of drug-likeness (QED) is 0.569. The Morgan fingerprint density at radius 2 is 2.05 bits per heavy atom. The van der Waals surface area contributed by atoms with E-state index in [0.29, 0.717) is 44.2 Å². The fourth-order valence-electron chi connectivity index (χ4n) is 2.41. The van der Waals surface area contributed by atoms with Crippen LogP contribution in [0.15, 0.2) is 24.3 Å². The van der Waals surface area contributed by atoms with E-state index in [-0.39, 0.29) is 24.1 Å². The Hall–Kier alpha value is -1.46. The van der Waals surface area contributed by atoms with Crippen LogP contribution in [0.4, 0.5) is 0 Å². The number of benzene rings is 1. The Bertz CT molecular complexity index is 479. The Balaban J connectivity index is 1.87. The third-order valence-corrected chi connectivity index (χ3v) is 3.58. The molecule has 0 bridgehead atoms. The van der Waals surface area contributed by atoms with Crippen LogP contribution in [0.25, 0.3) is 0 Å². The first-order chi connectivity index (χ1) is 10.7. The van der Waals surface area contributed by atoms with Crippen LogP contribution in [0.3, 0.4) is 0 Å². The molecule has 1 aliphatic heterocycles. The van der Waals surface area contributed by atoms with Crippen LogP contribution in [0.2, 0.25) is 0 Å². The van der Waals surface area contributed by atoms with Gasteiger partial charge in [-0.2, -0.15) is 0 Å². The molecule has 2 unspecified atom stereocenters. The SMILES string of the molecule is CCOc1ccccc1OCC1CC(C(=O)OCCl)CCO1. The number of alkyl halides is 1. The number of para-hydroxylation sites is 2. The number of hydrogen-bond acceptors (Lipinski definition) is 5. The monoisotopic (exact) mass is 328 g/mol. The fraction of sp³-hybridized carbons (Fsp3) is 0.562. The third kappa shape index (κ3) is 4.78. The van der Waals surface area contributed by atoms with Crippen LogP contribution >= 0.6 is 11.6 Å². The van der Waals surface area contributed by atoms with Gasteiger partial charge in [-0.05, 0) is 31.9 Å². The second kappa shape index (κ2) is 8.86. The van der Waals surface area contributed by atoms with E-state index in [1.165, 1.54) is 0 Å². The summed E-state index contributed by atoms with van der Waals surface area (Å²) >= 11 is 5.43. The minimum atomic E-state index is -0.266. The topological polar surface area (TPSA) is 54.0 Å². The summed E-state index contributed by atoms with van der Waals surface area (Å²) < 4.78 is 21.8. The molecule has 0 aromatic heterocycles. The van der Waals surface area contributed by atoms with E-state index < -0.39 is 0 Å². The Morgan fingerprint density at radius 3 is 2.73 bits per heavy atom. The van der Waals surface area contributed by atoms with Crippen molar-refractivity contribution in [2.45, 2.75) is 25.9 Å². The summed E-state index contributed by atoms with van der Waals surface area (Å²) in [5.41, 5.74) is 0. The number of rotatable bonds is 7. The van der Waals surface area contributed by atoms with Crippen molar-refractivity contribution < 1.29 is 23.7 Å². The zero-order valence-electron chi connectivity index (χ0n) is 12.6. The minimum absolute atomic E-state index is 0.112. The van der Waals surface area contributed by atoms with Gasteiger partial charge in [0.05, 0.1) is 18.6 Å². The molecule has 1 fully saturated rings. The van der Waals surface area contributed by atoms with Gasteiger partial charge in [0.25, 0.3) is 0 Å². The molecule has 0 radical (unpaired) electrons. The average Bonchev–Trinajstić information content (AvgIpc) is 2.55. The lowest BCUT2D eigenvalue weighted by molar-refractivity contribution is -0.152. The van der Waals surface area contributed by atoms with Crippen LogP contribution in [-0.4, -0.2) is 38.0 Å². The average molecular weight is 329 g/mol. The number of hydrogen-bond donors (Lipinski definition) is 0. The van der Waals surface area contributed by atoms with Gasteiger partial charge in [0.1, 0.15) is 6.61 Å². The maximum absolute atomic E-state index is 11.7. The van der Waals surface area contributed by atoms with E-state index in [4.69, 9.17) is 30.5 Å². The van der Waals surface area contributed by atoms with Gasteiger partial charge in [0, 0.05) is 6.61 Å². The summed E-state index contributed by atoms with van der Waals surface area (Å²) in [7, 11) is 0. The molecule has 1 aromatic carbocycles. The first-order valence-corrected chi connectivity index (χ1v) is 7.96. The largest absolute Gasteiger partial charge is 0.490 e. The molecule has 0 spiro atoms. The Morgan fingerprint density at radius 1 is 1.32 bits per heavy atom. The number of ether oxygens (including phenoxy) is 4. The normalized spacial score (nSPS) is 21.2. The predicted molar refractivity (Wildman–Crippen MR) is 82.4 cm³/mol. The zero-order chi connectivity index (χ0) is 15.8. The van der Waals surface area contributed by atoms with E-state index in [2.05, 4.69) is 0 Å². The molecule has 2 rings (SSSR count). The van der Waals surface area contributed by atoms with Crippen LogP contribution in [0.1, 0.15) is 19.8 Å². The predicted octanol–water partition coefficient (Wildman–Crippen LogP) is 3.00. The molecule has 1 aliphatic rings. The maximum atomic E-state index is 11.7. The molecule has 1 aromatic rings. The van der Waals surface area contributed by atoms with Gasteiger partial charge in [-0.15, -0.1) is 0 Å². The Kier molecular flexibility index (Phi) is 6.80. The summed E-state index contributed by atoms with van der Waals surface area (Å²) in [5.74, 6) is 0.943. The Labute approximate surface area is 135 Å². The first kappa shape index (κ1) is 16.9. The van der Waals surface area contributed by atoms with Crippen molar-refractivity contribution >= 4 is 17.6 Å². The highest BCUT2D eigenvalue weighted by Gasteiger charge is 2.29. The van der Waals surface area contributed by atoms with Crippen molar-refractivity contribution in [3.63, 3.8) is 0 Å². The lowest BCUT2D eigenvalue weighted by Crippen LogP contribution is -2.34. The summed E-state index contributed by atoms with van der Waals surface area (Å²) in [4.78, 5) is 11.7. The number of esters is 1. The first-order valence-electron chi connectivity index (χ1n) is 7.43. The van der Waals surface area contributed by atoms with Gasteiger partial charge in [0.2, 0.25) is 0 Å². The van der Waals surface area contributed by atoms with Gasteiger partial charge in [-0.25, -0.2) is 0 Å². The molecule has 1 saturated heterocycles. The van der Waals surface area contributed by atoms with E-state index in [9.17, 15) is 4.79 Å². The second-order valence-electron chi connectivity index (χ2n) is 4.98. The summed E-state index contributed by atoms with van der Waals surface area (Å²) in [6.45, 7) is 3.39. The zero-order valence-corrected chi connectivity index (χ0v) is 13.4. The highest BCUT2D eigenvalue weighted by atomic mass is 35.5. The highest BCUT2D eigenvalue weighted by molar-refractivity contribution is 6.17. The molecule has 22 heavy (non-hydrogen) atoms. The van der Waals surface area contributed by atoms with Crippen molar-refractivity contribution in [3.05, 3.63) is 24.3 Å². The second-order valence-corrected chi connectivity index (χ2v) is 5.20. The van der Waals surface area contributed by atoms with Crippen LogP contribution in [0, 0.1) is 5.92 Å². The van der Waals surface area contributed by atoms with E-state index in [1.807, 2.05) is 31.2 Å². The molecule has 122 valence electrons. The standard InChI is InChI=1S/C16H21ClO5/c1-2-19-14-5-3-4-6-15(14)21-10-13-9-12(7-8-20-13)16(18)22-11-17/h3-6,12-13H,2,7-11H2,1H3. The molecular weight excluding hydrogens is 308 g/mol. The lowest BCUT2D eigenvalue weighted by Gasteiger charge is -2.28. The molecule has 2 atom stereocenters. The van der Waals surface area contributed by atoms with E-state index in [1.54, 1.807) is 0 Å². The van der Waals surface area contributed by atoms with Gasteiger partial charge < -0.3 is 18.9 Å². The smallest absolute Gasteiger partial charge is 0.310 e.